The summed E-state index contributed by atoms with van der Waals surface area (Å²) in [6.07, 6.45) is 1.43. The van der Waals surface area contributed by atoms with Crippen LogP contribution in [-0.4, -0.2) is 58.8 Å². The Morgan fingerprint density at radius 2 is 1.87 bits per heavy atom. The highest BCUT2D eigenvalue weighted by atomic mass is 16.6. The van der Waals surface area contributed by atoms with Gasteiger partial charge < -0.3 is 19.9 Å². The van der Waals surface area contributed by atoms with Crippen LogP contribution in [0, 0.1) is 0 Å². The summed E-state index contributed by atoms with van der Waals surface area (Å²) in [6.45, 7) is 3.74. The van der Waals surface area contributed by atoms with Crippen LogP contribution in [0.2, 0.25) is 0 Å². The Morgan fingerprint density at radius 3 is 2.39 bits per heavy atom. The van der Waals surface area contributed by atoms with Crippen LogP contribution in [0.1, 0.15) is 41.5 Å². The highest BCUT2D eigenvalue weighted by Crippen LogP contribution is 2.37. The summed E-state index contributed by atoms with van der Waals surface area (Å²) in [5.74, 6) is 0.845. The molecule has 31 heavy (non-hydrogen) atoms. The van der Waals surface area contributed by atoms with E-state index >= 15 is 0 Å². The molecule has 0 fully saturated rings. The average Bonchev–Trinajstić information content (AvgIpc) is 3.38. The van der Waals surface area contributed by atoms with Crippen LogP contribution in [0.4, 0.5) is 5.82 Å². The standard InChI is InChI=1S/C18H22N8O5/c1-9(2)14-13(21-25-26(14)17-16(19)23-31-24-17)18(27)22-20-8-10-6-11(28-3)15(30-5)12(7-10)29-4/h6-9H,1-5H3,(H2,19,23)(H,22,27)/b20-8+. The molecule has 0 aliphatic carbocycles. The lowest BCUT2D eigenvalue weighted by Crippen LogP contribution is -2.21. The van der Waals surface area contributed by atoms with Crippen molar-refractivity contribution < 1.29 is 23.6 Å². The Bertz CT molecular complexity index is 1080. The summed E-state index contributed by atoms with van der Waals surface area (Å²) < 4.78 is 21.8. The summed E-state index contributed by atoms with van der Waals surface area (Å²) in [7, 11) is 4.53. The highest BCUT2D eigenvalue weighted by Gasteiger charge is 2.25. The van der Waals surface area contributed by atoms with E-state index in [1.807, 2.05) is 13.8 Å². The second kappa shape index (κ2) is 9.11. The van der Waals surface area contributed by atoms with Gasteiger partial charge in [0.05, 0.1) is 33.2 Å². The SMILES string of the molecule is COc1cc(/C=N/NC(=O)c2nnn(-c3nonc3N)c2C(C)C)cc(OC)c1OC. The van der Waals surface area contributed by atoms with Crippen molar-refractivity contribution in [2.45, 2.75) is 19.8 Å². The molecular weight excluding hydrogens is 408 g/mol. The molecule has 0 aliphatic rings. The van der Waals surface area contributed by atoms with Gasteiger partial charge in [0.2, 0.25) is 17.4 Å². The minimum Gasteiger partial charge on any atom is -0.493 e. The average molecular weight is 430 g/mol. The fourth-order valence-corrected chi connectivity index (χ4v) is 2.86. The van der Waals surface area contributed by atoms with Crippen LogP contribution in [0.3, 0.4) is 0 Å². The first-order chi connectivity index (χ1) is 14.9. The van der Waals surface area contributed by atoms with E-state index in [9.17, 15) is 4.79 Å². The number of hydrazone groups is 1. The predicted molar refractivity (Wildman–Crippen MR) is 109 cm³/mol. The lowest BCUT2D eigenvalue weighted by Gasteiger charge is -2.12. The molecule has 0 saturated carbocycles. The van der Waals surface area contributed by atoms with Crippen molar-refractivity contribution in [3.63, 3.8) is 0 Å². The van der Waals surface area contributed by atoms with Crippen LogP contribution in [-0.2, 0) is 0 Å². The Kier molecular flexibility index (Phi) is 6.33. The van der Waals surface area contributed by atoms with Crippen molar-refractivity contribution in [3.05, 3.63) is 29.1 Å². The van der Waals surface area contributed by atoms with Crippen molar-refractivity contribution in [2.24, 2.45) is 5.10 Å². The number of nitrogens with one attached hydrogen (secondary N) is 1. The topological polar surface area (TPSA) is 165 Å². The summed E-state index contributed by atoms with van der Waals surface area (Å²) in [6, 6.07) is 3.38. The number of amides is 1. The molecule has 1 aromatic carbocycles. The number of rotatable bonds is 8. The smallest absolute Gasteiger partial charge is 0.293 e. The number of aromatic nitrogens is 5. The molecule has 0 atom stereocenters. The normalized spacial score (nSPS) is 11.2. The summed E-state index contributed by atoms with van der Waals surface area (Å²) in [5.41, 5.74) is 9.32. The van der Waals surface area contributed by atoms with Gasteiger partial charge in [0.15, 0.2) is 17.2 Å². The monoisotopic (exact) mass is 430 g/mol. The number of nitrogen functional groups attached to an aromatic ring is 1. The number of carbonyl (C=O) groups is 1. The number of hydrogen-bond donors (Lipinski definition) is 2. The van der Waals surface area contributed by atoms with Crippen molar-refractivity contribution in [2.75, 3.05) is 27.1 Å². The highest BCUT2D eigenvalue weighted by molar-refractivity contribution is 5.94. The number of nitrogens with two attached hydrogens (primary N) is 1. The van der Waals surface area contributed by atoms with Gasteiger partial charge in [-0.15, -0.1) is 5.10 Å². The molecule has 13 heteroatoms. The van der Waals surface area contributed by atoms with Gasteiger partial charge in [0, 0.05) is 5.56 Å². The van der Waals surface area contributed by atoms with Crippen LogP contribution in [0.15, 0.2) is 21.9 Å². The number of anilines is 1. The minimum absolute atomic E-state index is 0.0270. The number of methoxy groups -OCH3 is 3. The number of hydrogen-bond acceptors (Lipinski definition) is 11. The Balaban J connectivity index is 1.84. The third-order valence-corrected chi connectivity index (χ3v) is 4.23. The van der Waals surface area contributed by atoms with E-state index in [0.717, 1.165) is 0 Å². The molecule has 0 radical (unpaired) electrons. The molecule has 3 rings (SSSR count). The molecular formula is C18H22N8O5. The third-order valence-electron chi connectivity index (χ3n) is 4.23. The Morgan fingerprint density at radius 1 is 1.19 bits per heavy atom. The molecule has 3 aromatic rings. The van der Waals surface area contributed by atoms with Crippen molar-refractivity contribution in [3.8, 4) is 23.1 Å². The molecule has 0 saturated heterocycles. The van der Waals surface area contributed by atoms with E-state index in [0.29, 0.717) is 28.5 Å². The maximum atomic E-state index is 12.7. The van der Waals surface area contributed by atoms with E-state index in [2.05, 4.69) is 35.8 Å². The first-order valence-electron chi connectivity index (χ1n) is 9.08. The van der Waals surface area contributed by atoms with Crippen LogP contribution in [0.25, 0.3) is 5.82 Å². The van der Waals surface area contributed by atoms with Crippen LogP contribution in [0.5, 0.6) is 17.2 Å². The Hall–Kier alpha value is -4.16. The van der Waals surface area contributed by atoms with Gasteiger partial charge >= 0.3 is 0 Å². The van der Waals surface area contributed by atoms with Crippen molar-refractivity contribution >= 4 is 17.9 Å². The molecule has 164 valence electrons. The van der Waals surface area contributed by atoms with Crippen molar-refractivity contribution in [1.29, 1.82) is 0 Å². The largest absolute Gasteiger partial charge is 0.493 e. The van der Waals surface area contributed by atoms with Gasteiger partial charge in [-0.1, -0.05) is 19.1 Å². The molecule has 2 heterocycles. The third kappa shape index (κ3) is 4.24. The summed E-state index contributed by atoms with van der Waals surface area (Å²) >= 11 is 0. The van der Waals surface area contributed by atoms with Crippen molar-refractivity contribution in [1.82, 2.24) is 30.7 Å². The van der Waals surface area contributed by atoms with Gasteiger partial charge in [-0.05, 0) is 28.4 Å². The van der Waals surface area contributed by atoms with Crippen LogP contribution < -0.4 is 25.4 Å². The Labute approximate surface area is 177 Å². The maximum Gasteiger partial charge on any atom is 0.293 e. The molecule has 0 unspecified atom stereocenters. The quantitative estimate of drug-likeness (QED) is 0.391. The summed E-state index contributed by atoms with van der Waals surface area (Å²) in [4.78, 5) is 12.7. The molecule has 2 aromatic heterocycles. The number of carbonyl (C=O) groups excluding carboxylic acids is 1. The zero-order valence-corrected chi connectivity index (χ0v) is 17.6. The number of benzene rings is 1. The number of nitrogens with zero attached hydrogens (tertiary/aromatic N) is 6. The van der Waals surface area contributed by atoms with Gasteiger partial charge in [-0.2, -0.15) is 9.78 Å². The minimum atomic E-state index is -0.561. The fraction of sp³-hybridized carbons (Fsp3) is 0.333. The predicted octanol–water partition coefficient (Wildman–Crippen LogP) is 1.15. The molecule has 0 aliphatic heterocycles. The fourth-order valence-electron chi connectivity index (χ4n) is 2.86. The lowest BCUT2D eigenvalue weighted by atomic mass is 10.1. The lowest BCUT2D eigenvalue weighted by molar-refractivity contribution is 0.0948. The molecule has 13 nitrogen and oxygen atoms in total. The zero-order chi connectivity index (χ0) is 22.5. The van der Waals surface area contributed by atoms with Crippen LogP contribution >= 0.6 is 0 Å². The zero-order valence-electron chi connectivity index (χ0n) is 17.6. The van der Waals surface area contributed by atoms with E-state index < -0.39 is 5.91 Å². The maximum absolute atomic E-state index is 12.7. The van der Waals surface area contributed by atoms with E-state index in [1.54, 1.807) is 12.1 Å². The first kappa shape index (κ1) is 21.5. The molecule has 3 N–H and O–H groups in total. The van der Waals surface area contributed by atoms with E-state index in [1.165, 1.54) is 32.2 Å². The molecule has 0 spiro atoms. The van der Waals surface area contributed by atoms with Gasteiger partial charge in [-0.3, -0.25) is 4.79 Å². The first-order valence-corrected chi connectivity index (χ1v) is 9.08. The molecule has 1 amide bonds. The van der Waals surface area contributed by atoms with Gasteiger partial charge in [-0.25, -0.2) is 10.1 Å². The number of ether oxygens (including phenoxy) is 3. The van der Waals surface area contributed by atoms with Gasteiger partial charge in [0.25, 0.3) is 5.91 Å². The van der Waals surface area contributed by atoms with E-state index in [4.69, 9.17) is 19.9 Å². The molecule has 0 bridgehead atoms. The van der Waals surface area contributed by atoms with E-state index in [-0.39, 0.29) is 23.2 Å². The summed E-state index contributed by atoms with van der Waals surface area (Å²) in [5, 5.41) is 19.1. The second-order valence-electron chi connectivity index (χ2n) is 6.52. The second-order valence-corrected chi connectivity index (χ2v) is 6.52. The van der Waals surface area contributed by atoms with Gasteiger partial charge in [0.1, 0.15) is 0 Å².